The van der Waals surface area contributed by atoms with Crippen LogP contribution in [-0.4, -0.2) is 66.5 Å². The lowest BCUT2D eigenvalue weighted by atomic mass is 10.1. The monoisotopic (exact) mass is 618 g/mol. The van der Waals surface area contributed by atoms with Crippen LogP contribution in [-0.2, 0) is 14.4 Å². The highest BCUT2D eigenvalue weighted by Crippen LogP contribution is 2.38. The van der Waals surface area contributed by atoms with Gasteiger partial charge in [-0.3, -0.25) is 0 Å². The Balaban J connectivity index is 1.82. The van der Waals surface area contributed by atoms with Gasteiger partial charge in [-0.2, -0.15) is 0 Å². The third-order valence-electron chi connectivity index (χ3n) is 6.20. The second-order valence-corrected chi connectivity index (χ2v) is 9.58. The lowest BCUT2D eigenvalue weighted by molar-refractivity contribution is -0.314. The van der Waals surface area contributed by atoms with Gasteiger partial charge in [0.1, 0.15) is 52.8 Å². The number of rotatable bonds is 12. The molecule has 4 aromatic rings. The first-order chi connectivity index (χ1) is 21.2. The number of carboxylic acid groups (broad SMARTS) is 3. The number of carboxylic acids is 3. The zero-order valence-corrected chi connectivity index (χ0v) is 23.8. The maximum absolute atomic E-state index is 11.0. The highest BCUT2D eigenvalue weighted by atomic mass is 16.5. The number of phenolic OH excluding ortho intramolecular Hbond substituents is 3. The summed E-state index contributed by atoms with van der Waals surface area (Å²) < 4.78 is 15.7. The van der Waals surface area contributed by atoms with E-state index in [1.54, 1.807) is 0 Å². The van der Waals surface area contributed by atoms with E-state index < -0.39 is 53.5 Å². The van der Waals surface area contributed by atoms with Crippen molar-refractivity contribution in [1.82, 2.24) is 15.0 Å². The van der Waals surface area contributed by atoms with Crippen LogP contribution < -0.4 is 29.5 Å². The van der Waals surface area contributed by atoms with E-state index in [4.69, 9.17) is 14.2 Å². The van der Waals surface area contributed by atoms with Gasteiger partial charge in [-0.1, -0.05) is 0 Å². The van der Waals surface area contributed by atoms with Gasteiger partial charge in [0.15, 0.2) is 17.5 Å². The third-order valence-corrected chi connectivity index (χ3v) is 6.20. The Kier molecular flexibility index (Phi) is 9.21. The van der Waals surface area contributed by atoms with Crippen molar-refractivity contribution in [3.8, 4) is 68.7 Å². The highest BCUT2D eigenvalue weighted by molar-refractivity contribution is 5.75. The summed E-state index contributed by atoms with van der Waals surface area (Å²) in [5.41, 5.74) is 0.0772. The number of nitrogens with zero attached hydrogens (tertiary/aromatic N) is 3. The third kappa shape index (κ3) is 7.45. The van der Waals surface area contributed by atoms with Crippen molar-refractivity contribution < 1.29 is 59.2 Å². The first-order valence-electron chi connectivity index (χ1n) is 13.1. The zero-order chi connectivity index (χ0) is 33.0. The molecule has 3 atom stereocenters. The average Bonchev–Trinajstić information content (AvgIpc) is 2.97. The molecule has 0 aliphatic carbocycles. The Bertz CT molecular complexity index is 1560. The summed E-state index contributed by atoms with van der Waals surface area (Å²) in [5, 5.41) is 65.5. The van der Waals surface area contributed by atoms with E-state index in [9.17, 15) is 45.0 Å². The van der Waals surface area contributed by atoms with Crippen molar-refractivity contribution in [3.63, 3.8) is 0 Å². The largest absolute Gasteiger partial charge is 0.546 e. The van der Waals surface area contributed by atoms with Crippen LogP contribution in [0.15, 0.2) is 54.6 Å². The molecule has 15 heteroatoms. The van der Waals surface area contributed by atoms with Gasteiger partial charge in [0, 0.05) is 18.2 Å². The van der Waals surface area contributed by atoms with Crippen molar-refractivity contribution in [2.45, 2.75) is 39.1 Å². The summed E-state index contributed by atoms with van der Waals surface area (Å²) in [7, 11) is 0. The molecule has 0 aliphatic rings. The molecule has 3 unspecified atom stereocenters. The molecule has 4 rings (SSSR count). The predicted octanol–water partition coefficient (Wildman–Crippen LogP) is -0.459. The summed E-state index contributed by atoms with van der Waals surface area (Å²) in [4.78, 5) is 46.2. The van der Waals surface area contributed by atoms with Crippen LogP contribution in [0.4, 0.5) is 0 Å². The molecule has 45 heavy (non-hydrogen) atoms. The van der Waals surface area contributed by atoms with Crippen LogP contribution in [0.3, 0.4) is 0 Å². The smallest absolute Gasteiger partial charge is 0.167 e. The van der Waals surface area contributed by atoms with Crippen molar-refractivity contribution in [3.05, 3.63) is 54.6 Å². The Hall–Kier alpha value is -6.12. The lowest BCUT2D eigenvalue weighted by Gasteiger charge is -2.17. The quantitative estimate of drug-likeness (QED) is 0.182. The van der Waals surface area contributed by atoms with E-state index in [1.165, 1.54) is 57.2 Å². The van der Waals surface area contributed by atoms with Crippen LogP contribution in [0.25, 0.3) is 34.2 Å². The first-order valence-corrected chi connectivity index (χ1v) is 13.1. The highest BCUT2D eigenvalue weighted by Gasteiger charge is 2.20. The van der Waals surface area contributed by atoms with E-state index in [0.717, 1.165) is 18.2 Å². The van der Waals surface area contributed by atoms with E-state index >= 15 is 0 Å². The van der Waals surface area contributed by atoms with Crippen LogP contribution in [0.1, 0.15) is 20.8 Å². The Morgan fingerprint density at radius 3 is 0.978 bits per heavy atom. The molecule has 0 saturated heterocycles. The summed E-state index contributed by atoms with van der Waals surface area (Å²) in [6.45, 7) is 3.73. The van der Waals surface area contributed by atoms with Gasteiger partial charge in [-0.25, -0.2) is 15.0 Å². The summed E-state index contributed by atoms with van der Waals surface area (Å²) >= 11 is 0. The fraction of sp³-hybridized carbons (Fsp3) is 0.200. The van der Waals surface area contributed by atoms with Crippen molar-refractivity contribution >= 4 is 17.9 Å². The number of carbonyl (C=O) groups is 3. The van der Waals surface area contributed by atoms with E-state index in [0.29, 0.717) is 0 Å². The van der Waals surface area contributed by atoms with Crippen molar-refractivity contribution in [2.75, 3.05) is 0 Å². The number of hydrogen-bond donors (Lipinski definition) is 3. The lowest BCUT2D eigenvalue weighted by Crippen LogP contribution is -2.37. The van der Waals surface area contributed by atoms with Crippen LogP contribution in [0.2, 0.25) is 0 Å². The molecule has 0 aliphatic heterocycles. The molecule has 0 fully saturated rings. The molecule has 0 saturated carbocycles. The second-order valence-electron chi connectivity index (χ2n) is 9.58. The Labute approximate surface area is 254 Å². The topological polar surface area (TPSA) is 247 Å². The predicted molar refractivity (Wildman–Crippen MR) is 146 cm³/mol. The summed E-state index contributed by atoms with van der Waals surface area (Å²) in [6, 6.07) is 11.4. The molecule has 1 heterocycles. The second kappa shape index (κ2) is 13.0. The maximum atomic E-state index is 11.0. The van der Waals surface area contributed by atoms with E-state index in [2.05, 4.69) is 15.0 Å². The van der Waals surface area contributed by atoms with Crippen LogP contribution >= 0.6 is 0 Å². The van der Waals surface area contributed by atoms with Crippen LogP contribution in [0.5, 0.6) is 34.5 Å². The molecule has 3 N–H and O–H groups in total. The molecular formula is C30H24N3O12-3. The zero-order valence-electron chi connectivity index (χ0n) is 23.8. The fourth-order valence-electron chi connectivity index (χ4n) is 3.82. The van der Waals surface area contributed by atoms with Crippen LogP contribution in [0, 0.1) is 0 Å². The number of carbonyl (C=O) groups excluding carboxylic acids is 3. The summed E-state index contributed by atoms with van der Waals surface area (Å²) in [6.07, 6.45) is -3.96. The van der Waals surface area contributed by atoms with Gasteiger partial charge >= 0.3 is 0 Å². The number of phenols is 3. The minimum absolute atomic E-state index is 0.000461. The average molecular weight is 619 g/mol. The molecule has 3 aromatic carbocycles. The minimum Gasteiger partial charge on any atom is -0.546 e. The van der Waals surface area contributed by atoms with Gasteiger partial charge in [0.2, 0.25) is 0 Å². The van der Waals surface area contributed by atoms with Gasteiger partial charge in [0.05, 0.1) is 34.6 Å². The van der Waals surface area contributed by atoms with Gasteiger partial charge in [0.25, 0.3) is 0 Å². The first kappa shape index (κ1) is 31.8. The maximum Gasteiger partial charge on any atom is 0.167 e. The van der Waals surface area contributed by atoms with Gasteiger partial charge < -0.3 is 59.2 Å². The number of ether oxygens (including phenoxy) is 3. The van der Waals surface area contributed by atoms with E-state index in [-0.39, 0.29) is 51.4 Å². The number of benzene rings is 3. The molecule has 0 radical (unpaired) electrons. The fourth-order valence-corrected chi connectivity index (χ4v) is 3.82. The molecule has 0 amide bonds. The number of hydrogen-bond acceptors (Lipinski definition) is 15. The number of aliphatic carboxylic acids is 3. The summed E-state index contributed by atoms with van der Waals surface area (Å²) in [5.74, 6) is -6.13. The molecule has 15 nitrogen and oxygen atoms in total. The minimum atomic E-state index is -1.47. The standard InChI is InChI=1S/C30H27N3O12/c1-13(28(37)38)43-16-4-7-19(22(34)10-16)25-31-26(20-8-5-17(11-23(20)35)44-14(2)29(39)40)33-27(32-25)21-9-6-18(12-24(21)36)45-15(3)30(41)42/h4-15,34-36H,1-3H3,(H,37,38)(H,39,40)(H,41,42)/p-3. The SMILES string of the molecule is CC(Oc1ccc(-c2nc(-c3ccc(OC(C)C(=O)[O-])cc3O)nc(-c3ccc(OC(C)C(=O)[O-])cc3O)n2)c(O)c1)C(=O)[O-]. The van der Waals surface area contributed by atoms with Crippen molar-refractivity contribution in [1.29, 1.82) is 0 Å². The molecule has 1 aromatic heterocycles. The van der Waals surface area contributed by atoms with Gasteiger partial charge in [-0.15, -0.1) is 0 Å². The molecular weight excluding hydrogens is 594 g/mol. The van der Waals surface area contributed by atoms with Gasteiger partial charge in [-0.05, 0) is 57.2 Å². The number of aromatic nitrogens is 3. The molecule has 0 spiro atoms. The molecule has 234 valence electrons. The number of aromatic hydroxyl groups is 3. The normalized spacial score (nSPS) is 12.9. The van der Waals surface area contributed by atoms with Crippen molar-refractivity contribution in [2.24, 2.45) is 0 Å². The Morgan fingerprint density at radius 2 is 0.778 bits per heavy atom. The molecule has 0 bridgehead atoms. The van der Waals surface area contributed by atoms with E-state index in [1.807, 2.05) is 0 Å². The Morgan fingerprint density at radius 1 is 0.533 bits per heavy atom.